The van der Waals surface area contributed by atoms with Gasteiger partial charge in [0.15, 0.2) is 0 Å². The van der Waals surface area contributed by atoms with Gasteiger partial charge in [-0.15, -0.1) is 0 Å². The van der Waals surface area contributed by atoms with Gasteiger partial charge >= 0.3 is 0 Å². The van der Waals surface area contributed by atoms with Gasteiger partial charge < -0.3 is 10.3 Å². The Bertz CT molecular complexity index is 532. The lowest BCUT2D eigenvalue weighted by Gasteiger charge is -1.99. The number of nitriles is 1. The van der Waals surface area contributed by atoms with Crippen molar-refractivity contribution in [2.24, 2.45) is 0 Å². The molecule has 1 aromatic carbocycles. The molecule has 3 heteroatoms. The van der Waals surface area contributed by atoms with Crippen molar-refractivity contribution < 1.29 is 0 Å². The minimum absolute atomic E-state index is 0.682. The Kier molecular flexibility index (Phi) is 2.65. The van der Waals surface area contributed by atoms with E-state index in [2.05, 4.69) is 16.4 Å². The predicted molar refractivity (Wildman–Crippen MR) is 65.2 cm³/mol. The first kappa shape index (κ1) is 10.3. The second kappa shape index (κ2) is 4.11. The average Bonchev–Trinajstić information content (AvgIpc) is 2.66. The molecule has 0 aliphatic carbocycles. The van der Waals surface area contributed by atoms with Crippen molar-refractivity contribution >= 4 is 5.82 Å². The van der Waals surface area contributed by atoms with Crippen LogP contribution in [0.25, 0.3) is 11.3 Å². The Labute approximate surface area is 94.7 Å². The maximum atomic E-state index is 9.08. The first-order chi connectivity index (χ1) is 7.77. The predicted octanol–water partition coefficient (Wildman–Crippen LogP) is 2.90. The maximum absolute atomic E-state index is 9.08. The van der Waals surface area contributed by atoms with E-state index in [-0.39, 0.29) is 0 Å². The van der Waals surface area contributed by atoms with Gasteiger partial charge in [0.2, 0.25) is 0 Å². The van der Waals surface area contributed by atoms with E-state index in [1.807, 2.05) is 37.3 Å². The van der Waals surface area contributed by atoms with Crippen LogP contribution >= 0.6 is 0 Å². The van der Waals surface area contributed by atoms with Crippen LogP contribution in [0.3, 0.4) is 0 Å². The highest BCUT2D eigenvalue weighted by atomic mass is 15.0. The third-order valence-corrected chi connectivity index (χ3v) is 2.67. The number of aromatic nitrogens is 1. The molecule has 3 nitrogen and oxygen atoms in total. The van der Waals surface area contributed by atoms with E-state index in [9.17, 15) is 0 Å². The van der Waals surface area contributed by atoms with Crippen molar-refractivity contribution in [1.29, 1.82) is 5.26 Å². The first-order valence-corrected chi connectivity index (χ1v) is 5.13. The molecule has 0 unspecified atom stereocenters. The van der Waals surface area contributed by atoms with Crippen LogP contribution in [-0.2, 0) is 0 Å². The Morgan fingerprint density at radius 1 is 1.25 bits per heavy atom. The molecular formula is C13H13N3. The Morgan fingerprint density at radius 3 is 2.44 bits per heavy atom. The van der Waals surface area contributed by atoms with E-state index in [0.29, 0.717) is 5.56 Å². The minimum atomic E-state index is 0.682. The van der Waals surface area contributed by atoms with Gasteiger partial charge in [-0.25, -0.2) is 0 Å². The van der Waals surface area contributed by atoms with Gasteiger partial charge in [0.25, 0.3) is 0 Å². The molecule has 0 spiro atoms. The summed E-state index contributed by atoms with van der Waals surface area (Å²) in [6.45, 7) is 1.96. The molecular weight excluding hydrogens is 198 g/mol. The van der Waals surface area contributed by atoms with E-state index in [0.717, 1.165) is 22.6 Å². The summed E-state index contributed by atoms with van der Waals surface area (Å²) in [6.07, 6.45) is 0. The largest absolute Gasteiger partial charge is 0.374 e. The Morgan fingerprint density at radius 2 is 1.94 bits per heavy atom. The molecule has 2 aromatic rings. The second-order valence-electron chi connectivity index (χ2n) is 3.60. The number of nitrogens with zero attached hydrogens (tertiary/aromatic N) is 1. The van der Waals surface area contributed by atoms with E-state index in [4.69, 9.17) is 5.26 Å². The highest BCUT2D eigenvalue weighted by molar-refractivity contribution is 5.73. The molecule has 0 atom stereocenters. The number of anilines is 1. The molecule has 0 aliphatic rings. The van der Waals surface area contributed by atoms with Crippen LogP contribution in [0.4, 0.5) is 5.82 Å². The summed E-state index contributed by atoms with van der Waals surface area (Å²) in [5.41, 5.74) is 3.76. The highest BCUT2D eigenvalue weighted by Crippen LogP contribution is 2.29. The molecule has 1 heterocycles. The number of hydrogen-bond donors (Lipinski definition) is 2. The summed E-state index contributed by atoms with van der Waals surface area (Å²) >= 11 is 0. The minimum Gasteiger partial charge on any atom is -0.374 e. The zero-order chi connectivity index (χ0) is 11.5. The number of nitrogens with one attached hydrogen (secondary N) is 2. The van der Waals surface area contributed by atoms with Gasteiger partial charge in [-0.3, -0.25) is 0 Å². The SMILES string of the molecule is CNc1[nH]c(-c2ccccc2)c(C)c1C#N. The van der Waals surface area contributed by atoms with Crippen molar-refractivity contribution in [2.45, 2.75) is 6.92 Å². The number of H-pyrrole nitrogens is 1. The fourth-order valence-electron chi connectivity index (χ4n) is 1.81. The maximum Gasteiger partial charge on any atom is 0.122 e. The summed E-state index contributed by atoms with van der Waals surface area (Å²) in [6, 6.07) is 12.2. The molecule has 0 radical (unpaired) electrons. The molecule has 2 rings (SSSR count). The third kappa shape index (κ3) is 1.55. The molecule has 0 saturated carbocycles. The normalized spacial score (nSPS) is 9.81. The fraction of sp³-hybridized carbons (Fsp3) is 0.154. The monoisotopic (exact) mass is 211 g/mol. The van der Waals surface area contributed by atoms with Gasteiger partial charge in [-0.05, 0) is 18.1 Å². The standard InChI is InChI=1S/C13H13N3/c1-9-11(8-14)13(15-2)16-12(9)10-6-4-3-5-7-10/h3-7,15-16H,1-2H3. The molecule has 1 aromatic heterocycles. The number of aromatic amines is 1. The van der Waals surface area contributed by atoms with Gasteiger partial charge in [-0.2, -0.15) is 5.26 Å². The summed E-state index contributed by atoms with van der Waals surface area (Å²) in [5.74, 6) is 0.777. The molecule has 2 N–H and O–H groups in total. The Balaban J connectivity index is 2.60. The molecule has 0 aliphatic heterocycles. The number of hydrogen-bond acceptors (Lipinski definition) is 2. The molecule has 16 heavy (non-hydrogen) atoms. The lowest BCUT2D eigenvalue weighted by Crippen LogP contribution is -1.90. The summed E-state index contributed by atoms with van der Waals surface area (Å²) in [5, 5.41) is 12.1. The molecule has 0 bridgehead atoms. The van der Waals surface area contributed by atoms with Gasteiger partial charge in [0, 0.05) is 7.05 Å². The van der Waals surface area contributed by atoms with Crippen LogP contribution in [0, 0.1) is 18.3 Å². The fourth-order valence-corrected chi connectivity index (χ4v) is 1.81. The van der Waals surface area contributed by atoms with Crippen molar-refractivity contribution in [3.05, 3.63) is 41.5 Å². The molecule has 80 valence electrons. The summed E-state index contributed by atoms with van der Waals surface area (Å²) < 4.78 is 0. The second-order valence-corrected chi connectivity index (χ2v) is 3.60. The summed E-state index contributed by atoms with van der Waals surface area (Å²) in [4.78, 5) is 3.23. The van der Waals surface area contributed by atoms with Gasteiger partial charge in [0.05, 0.1) is 11.3 Å². The average molecular weight is 211 g/mol. The van der Waals surface area contributed by atoms with E-state index in [1.54, 1.807) is 7.05 Å². The molecule has 0 saturated heterocycles. The zero-order valence-corrected chi connectivity index (χ0v) is 9.33. The highest BCUT2D eigenvalue weighted by Gasteiger charge is 2.13. The zero-order valence-electron chi connectivity index (χ0n) is 9.33. The number of rotatable bonds is 2. The lowest BCUT2D eigenvalue weighted by molar-refractivity contribution is 1.33. The van der Waals surface area contributed by atoms with Crippen LogP contribution in [0.1, 0.15) is 11.1 Å². The molecule has 0 amide bonds. The van der Waals surface area contributed by atoms with Gasteiger partial charge in [-0.1, -0.05) is 30.3 Å². The molecule has 0 fully saturated rings. The third-order valence-electron chi connectivity index (χ3n) is 2.67. The topological polar surface area (TPSA) is 51.6 Å². The van der Waals surface area contributed by atoms with Crippen LogP contribution in [0.15, 0.2) is 30.3 Å². The van der Waals surface area contributed by atoms with Crippen molar-refractivity contribution in [3.8, 4) is 17.3 Å². The van der Waals surface area contributed by atoms with Crippen molar-refractivity contribution in [1.82, 2.24) is 4.98 Å². The van der Waals surface area contributed by atoms with Crippen LogP contribution in [0.2, 0.25) is 0 Å². The smallest absolute Gasteiger partial charge is 0.122 e. The van der Waals surface area contributed by atoms with Crippen LogP contribution in [0.5, 0.6) is 0 Å². The van der Waals surface area contributed by atoms with Crippen molar-refractivity contribution in [3.63, 3.8) is 0 Å². The van der Waals surface area contributed by atoms with E-state index < -0.39 is 0 Å². The summed E-state index contributed by atoms with van der Waals surface area (Å²) in [7, 11) is 1.81. The van der Waals surface area contributed by atoms with E-state index in [1.165, 1.54) is 0 Å². The van der Waals surface area contributed by atoms with Crippen molar-refractivity contribution in [2.75, 3.05) is 12.4 Å². The van der Waals surface area contributed by atoms with Crippen LogP contribution in [-0.4, -0.2) is 12.0 Å². The van der Waals surface area contributed by atoms with Gasteiger partial charge in [0.1, 0.15) is 11.9 Å². The lowest BCUT2D eigenvalue weighted by atomic mass is 10.1. The number of benzene rings is 1. The van der Waals surface area contributed by atoms with Crippen LogP contribution < -0.4 is 5.32 Å². The quantitative estimate of drug-likeness (QED) is 0.802. The first-order valence-electron chi connectivity index (χ1n) is 5.13. The Hall–Kier alpha value is -2.21. The van der Waals surface area contributed by atoms with E-state index >= 15 is 0 Å².